The largest absolute Gasteiger partial charge is 0.487 e. The van der Waals surface area contributed by atoms with E-state index >= 15 is 0 Å². The summed E-state index contributed by atoms with van der Waals surface area (Å²) >= 11 is 0. The van der Waals surface area contributed by atoms with Crippen LogP contribution in [0.5, 0.6) is 5.75 Å². The number of carbonyl (C=O) groups excluding carboxylic acids is 1. The van der Waals surface area contributed by atoms with Crippen LogP contribution in [-0.2, 0) is 6.67 Å². The number of ether oxygens (including phenoxy) is 1. The lowest BCUT2D eigenvalue weighted by Gasteiger charge is -2.24. The van der Waals surface area contributed by atoms with Gasteiger partial charge in [-0.3, -0.25) is 9.78 Å². The SMILES string of the molecule is Nc1nn2ccc(CF)nc2c1C(=O)Nc1cnccc1OC1CCCNC1. The van der Waals surface area contributed by atoms with Gasteiger partial charge < -0.3 is 21.1 Å². The smallest absolute Gasteiger partial charge is 0.263 e. The van der Waals surface area contributed by atoms with Gasteiger partial charge in [0, 0.05) is 25.0 Å². The Morgan fingerprint density at radius 2 is 2.36 bits per heavy atom. The van der Waals surface area contributed by atoms with Crippen molar-refractivity contribution in [1.29, 1.82) is 0 Å². The number of alkyl halides is 1. The molecule has 1 saturated heterocycles. The highest BCUT2D eigenvalue weighted by molar-refractivity contribution is 6.12. The Morgan fingerprint density at radius 3 is 3.14 bits per heavy atom. The number of piperidine rings is 1. The normalized spacial score (nSPS) is 16.8. The molecule has 1 aliphatic heterocycles. The van der Waals surface area contributed by atoms with Gasteiger partial charge >= 0.3 is 0 Å². The summed E-state index contributed by atoms with van der Waals surface area (Å²) in [4.78, 5) is 21.1. The van der Waals surface area contributed by atoms with E-state index in [0.29, 0.717) is 11.4 Å². The first kappa shape index (κ1) is 18.1. The lowest BCUT2D eigenvalue weighted by atomic mass is 10.1. The number of fused-ring (bicyclic) bond motifs is 1. The highest BCUT2D eigenvalue weighted by Gasteiger charge is 2.22. The third-order valence-corrected chi connectivity index (χ3v) is 4.51. The van der Waals surface area contributed by atoms with Crippen LogP contribution in [0.2, 0.25) is 0 Å². The minimum absolute atomic E-state index is 0.00356. The van der Waals surface area contributed by atoms with Crippen LogP contribution in [0.15, 0.2) is 30.7 Å². The molecule has 146 valence electrons. The van der Waals surface area contributed by atoms with E-state index in [-0.39, 0.29) is 28.8 Å². The number of carbonyl (C=O) groups is 1. The molecule has 3 aromatic rings. The third kappa shape index (κ3) is 3.58. The molecule has 0 radical (unpaired) electrons. The van der Waals surface area contributed by atoms with E-state index in [4.69, 9.17) is 10.5 Å². The highest BCUT2D eigenvalue weighted by atomic mass is 19.1. The Morgan fingerprint density at radius 1 is 1.46 bits per heavy atom. The van der Waals surface area contributed by atoms with E-state index in [1.54, 1.807) is 12.3 Å². The molecule has 1 fully saturated rings. The van der Waals surface area contributed by atoms with E-state index in [2.05, 4.69) is 25.7 Å². The third-order valence-electron chi connectivity index (χ3n) is 4.51. The first-order chi connectivity index (χ1) is 13.7. The topological polar surface area (TPSA) is 119 Å². The fourth-order valence-corrected chi connectivity index (χ4v) is 3.14. The van der Waals surface area contributed by atoms with Crippen molar-refractivity contribution in [3.8, 4) is 5.75 Å². The van der Waals surface area contributed by atoms with Gasteiger partial charge in [-0.25, -0.2) is 13.9 Å². The van der Waals surface area contributed by atoms with Crippen LogP contribution in [-0.4, -0.2) is 44.7 Å². The summed E-state index contributed by atoms with van der Waals surface area (Å²) in [6.07, 6.45) is 6.59. The molecule has 1 unspecified atom stereocenters. The number of pyridine rings is 1. The van der Waals surface area contributed by atoms with Gasteiger partial charge in [0.2, 0.25) is 0 Å². The van der Waals surface area contributed by atoms with Gasteiger partial charge in [-0.05, 0) is 25.5 Å². The number of anilines is 2. The predicted octanol–water partition coefficient (Wildman–Crippen LogP) is 1.56. The Balaban J connectivity index is 1.60. The van der Waals surface area contributed by atoms with Crippen LogP contribution in [0.4, 0.5) is 15.9 Å². The number of hydrogen-bond acceptors (Lipinski definition) is 7. The van der Waals surface area contributed by atoms with Crippen LogP contribution in [0, 0.1) is 0 Å². The average Bonchev–Trinajstić information content (AvgIpc) is 3.05. The maximum atomic E-state index is 13.0. The molecule has 9 nitrogen and oxygen atoms in total. The molecule has 0 bridgehead atoms. The van der Waals surface area contributed by atoms with Crippen LogP contribution in [0.1, 0.15) is 28.9 Å². The lowest BCUT2D eigenvalue weighted by molar-refractivity contribution is 0.102. The molecule has 0 saturated carbocycles. The minimum Gasteiger partial charge on any atom is -0.487 e. The fourth-order valence-electron chi connectivity index (χ4n) is 3.14. The van der Waals surface area contributed by atoms with Crippen LogP contribution < -0.4 is 21.1 Å². The number of nitrogens with two attached hydrogens (primary N) is 1. The zero-order chi connectivity index (χ0) is 19.5. The summed E-state index contributed by atoms with van der Waals surface area (Å²) in [5.41, 5.74) is 6.77. The lowest BCUT2D eigenvalue weighted by Crippen LogP contribution is -2.37. The number of hydrogen-bond donors (Lipinski definition) is 3. The second-order valence-corrected chi connectivity index (χ2v) is 6.49. The zero-order valence-electron chi connectivity index (χ0n) is 15.1. The van der Waals surface area contributed by atoms with Gasteiger partial charge in [0.15, 0.2) is 11.5 Å². The first-order valence-corrected chi connectivity index (χ1v) is 8.98. The Kier molecular flexibility index (Phi) is 5.02. The number of aromatic nitrogens is 4. The second kappa shape index (κ2) is 7.77. The molecule has 4 heterocycles. The highest BCUT2D eigenvalue weighted by Crippen LogP contribution is 2.27. The number of amides is 1. The van der Waals surface area contributed by atoms with Crippen molar-refractivity contribution in [3.05, 3.63) is 42.0 Å². The summed E-state index contributed by atoms with van der Waals surface area (Å²) in [7, 11) is 0. The van der Waals surface area contributed by atoms with Crippen molar-refractivity contribution in [3.63, 3.8) is 0 Å². The van der Waals surface area contributed by atoms with Crippen LogP contribution in [0.25, 0.3) is 5.65 Å². The predicted molar refractivity (Wildman–Crippen MR) is 101 cm³/mol. The summed E-state index contributed by atoms with van der Waals surface area (Å²) in [6.45, 7) is 0.965. The zero-order valence-corrected chi connectivity index (χ0v) is 15.1. The molecule has 3 aromatic heterocycles. The summed E-state index contributed by atoms with van der Waals surface area (Å²) in [5.74, 6) is 0.00368. The Labute approximate surface area is 160 Å². The molecule has 4 N–H and O–H groups in total. The van der Waals surface area contributed by atoms with Crippen molar-refractivity contribution in [2.45, 2.75) is 25.6 Å². The molecule has 28 heavy (non-hydrogen) atoms. The van der Waals surface area contributed by atoms with E-state index in [1.165, 1.54) is 23.0 Å². The number of nitrogens with one attached hydrogen (secondary N) is 2. The molecule has 1 amide bonds. The minimum atomic E-state index is -0.751. The molecule has 1 atom stereocenters. The van der Waals surface area contributed by atoms with Crippen molar-refractivity contribution >= 4 is 23.1 Å². The molecular weight excluding hydrogens is 365 g/mol. The molecular formula is C18H20FN7O2. The standard InChI is InChI=1S/C18H20FN7O2/c19-8-11-4-7-26-17(23-11)15(16(20)25-26)18(27)24-13-10-22-6-3-14(13)28-12-2-1-5-21-9-12/h3-4,6-7,10,12,21H,1-2,5,8-9H2,(H2,20,25)(H,24,27). The van der Waals surface area contributed by atoms with Gasteiger partial charge in [-0.1, -0.05) is 0 Å². The Hall–Kier alpha value is -3.27. The number of rotatable bonds is 5. The van der Waals surface area contributed by atoms with Crippen molar-refractivity contribution in [2.24, 2.45) is 0 Å². The van der Waals surface area contributed by atoms with Crippen molar-refractivity contribution < 1.29 is 13.9 Å². The number of nitrogens with zero attached hydrogens (tertiary/aromatic N) is 4. The fraction of sp³-hybridized carbons (Fsp3) is 0.333. The van der Waals surface area contributed by atoms with Gasteiger partial charge in [0.05, 0.1) is 11.9 Å². The van der Waals surface area contributed by atoms with Crippen molar-refractivity contribution in [1.82, 2.24) is 24.9 Å². The van der Waals surface area contributed by atoms with Gasteiger partial charge in [0.25, 0.3) is 5.91 Å². The van der Waals surface area contributed by atoms with Crippen LogP contribution >= 0.6 is 0 Å². The molecule has 1 aliphatic rings. The van der Waals surface area contributed by atoms with E-state index < -0.39 is 12.6 Å². The molecule has 4 rings (SSSR count). The monoisotopic (exact) mass is 385 g/mol. The molecule has 0 aromatic carbocycles. The Bertz CT molecular complexity index is 1000. The molecule has 0 spiro atoms. The summed E-state index contributed by atoms with van der Waals surface area (Å²) in [5, 5.41) is 10.1. The van der Waals surface area contributed by atoms with E-state index in [0.717, 1.165) is 25.9 Å². The number of nitrogen functional groups attached to an aromatic ring is 1. The average molecular weight is 385 g/mol. The number of halogens is 1. The van der Waals surface area contributed by atoms with Gasteiger partial charge in [0.1, 0.15) is 29.8 Å². The summed E-state index contributed by atoms with van der Waals surface area (Å²) in [6, 6.07) is 3.18. The maximum absolute atomic E-state index is 13.0. The van der Waals surface area contributed by atoms with Gasteiger partial charge in [-0.2, -0.15) is 0 Å². The molecule has 10 heteroatoms. The van der Waals surface area contributed by atoms with Crippen LogP contribution in [0.3, 0.4) is 0 Å². The van der Waals surface area contributed by atoms with Gasteiger partial charge in [-0.15, -0.1) is 5.10 Å². The summed E-state index contributed by atoms with van der Waals surface area (Å²) < 4.78 is 20.3. The maximum Gasteiger partial charge on any atom is 0.263 e. The van der Waals surface area contributed by atoms with E-state index in [1.807, 2.05) is 0 Å². The first-order valence-electron chi connectivity index (χ1n) is 8.98. The second-order valence-electron chi connectivity index (χ2n) is 6.49. The van der Waals surface area contributed by atoms with Crippen molar-refractivity contribution in [2.75, 3.05) is 24.1 Å². The van der Waals surface area contributed by atoms with E-state index in [9.17, 15) is 9.18 Å². The molecule has 0 aliphatic carbocycles. The quantitative estimate of drug-likeness (QED) is 0.610.